The second-order valence-electron chi connectivity index (χ2n) is 13.0. The van der Waals surface area contributed by atoms with E-state index < -0.39 is 51.8 Å². The van der Waals surface area contributed by atoms with Crippen LogP contribution in [-0.2, 0) is 20.9 Å². The summed E-state index contributed by atoms with van der Waals surface area (Å²) in [4.78, 5) is 30.2. The molecule has 284 valence electrons. The SMILES string of the molecule is C[C@@H]1CCCCO[C@@H](CN(C)C(=O)Nc2ccc(C(F)(F)F)cc2)[C@H](C)CN([C@@H](C)CO)C(=O)c2cc(NS(=O)(=O)c3ccc(Cl)cc3)ccc2O1. The van der Waals surface area contributed by atoms with Crippen molar-refractivity contribution in [2.45, 2.75) is 69.4 Å². The number of likely N-dealkylation sites (N-methyl/N-ethyl adjacent to an activating group) is 1. The number of carbonyl (C=O) groups excluding carboxylic acids is 2. The molecule has 0 fully saturated rings. The van der Waals surface area contributed by atoms with Gasteiger partial charge < -0.3 is 29.7 Å². The van der Waals surface area contributed by atoms with E-state index in [1.165, 1.54) is 71.4 Å². The van der Waals surface area contributed by atoms with Gasteiger partial charge in [-0.3, -0.25) is 9.52 Å². The maximum Gasteiger partial charge on any atom is 0.416 e. The predicted octanol–water partition coefficient (Wildman–Crippen LogP) is 7.12. The summed E-state index contributed by atoms with van der Waals surface area (Å²) in [5.41, 5.74) is -0.455. The third kappa shape index (κ3) is 11.0. The number of hydrogen-bond donors (Lipinski definition) is 3. The molecule has 4 atom stereocenters. The van der Waals surface area contributed by atoms with Crippen LogP contribution in [0.15, 0.2) is 71.6 Å². The zero-order valence-electron chi connectivity index (χ0n) is 29.3. The number of sulfonamides is 1. The van der Waals surface area contributed by atoms with Gasteiger partial charge in [-0.15, -0.1) is 0 Å². The second kappa shape index (κ2) is 17.6. The molecule has 1 heterocycles. The molecule has 1 aliphatic rings. The van der Waals surface area contributed by atoms with Gasteiger partial charge in [0.15, 0.2) is 0 Å². The predicted molar refractivity (Wildman–Crippen MR) is 192 cm³/mol. The minimum Gasteiger partial charge on any atom is -0.490 e. The van der Waals surface area contributed by atoms with Crippen LogP contribution in [0.5, 0.6) is 5.75 Å². The number of anilines is 2. The van der Waals surface area contributed by atoms with E-state index in [2.05, 4.69) is 10.0 Å². The Morgan fingerprint density at radius 2 is 1.71 bits per heavy atom. The van der Waals surface area contributed by atoms with Crippen molar-refractivity contribution in [3.8, 4) is 5.75 Å². The van der Waals surface area contributed by atoms with Crippen LogP contribution in [0.25, 0.3) is 0 Å². The first-order valence-electron chi connectivity index (χ1n) is 16.8. The maximum absolute atomic E-state index is 14.4. The third-order valence-corrected chi connectivity index (χ3v) is 10.3. The average Bonchev–Trinajstić information content (AvgIpc) is 3.09. The topological polar surface area (TPSA) is 138 Å². The number of rotatable bonds is 8. The molecule has 0 saturated heterocycles. The number of ether oxygens (including phenoxy) is 2. The lowest BCUT2D eigenvalue weighted by molar-refractivity contribution is -0.137. The van der Waals surface area contributed by atoms with Crippen LogP contribution < -0.4 is 14.8 Å². The molecular formula is C36H44ClF3N4O7S. The van der Waals surface area contributed by atoms with E-state index in [4.69, 9.17) is 21.1 Å². The van der Waals surface area contributed by atoms with E-state index in [0.717, 1.165) is 18.6 Å². The van der Waals surface area contributed by atoms with E-state index in [9.17, 15) is 36.3 Å². The van der Waals surface area contributed by atoms with Crippen LogP contribution in [0.1, 0.15) is 56.0 Å². The second-order valence-corrected chi connectivity index (χ2v) is 15.1. The highest BCUT2D eigenvalue weighted by atomic mass is 35.5. The summed E-state index contributed by atoms with van der Waals surface area (Å²) < 4.78 is 80.3. The molecule has 1 aliphatic heterocycles. The molecule has 0 spiro atoms. The van der Waals surface area contributed by atoms with E-state index in [1.807, 2.05) is 13.8 Å². The van der Waals surface area contributed by atoms with Crippen molar-refractivity contribution < 1.29 is 45.8 Å². The molecule has 0 bridgehead atoms. The van der Waals surface area contributed by atoms with Gasteiger partial charge in [0.25, 0.3) is 15.9 Å². The number of amides is 3. The maximum atomic E-state index is 14.4. The van der Waals surface area contributed by atoms with Gasteiger partial charge >= 0.3 is 12.2 Å². The van der Waals surface area contributed by atoms with Gasteiger partial charge in [0, 0.05) is 49.1 Å². The zero-order valence-corrected chi connectivity index (χ0v) is 30.9. The lowest BCUT2D eigenvalue weighted by Crippen LogP contribution is -2.48. The standard InChI is InChI=1S/C36H44ClF3N4O7S/c1-23-20-44(24(2)22-45)34(46)31-19-29(42-52(48,49)30-15-10-27(37)11-16-30)14-17-32(31)51-25(3)7-5-6-18-50-33(23)21-43(4)35(47)41-28-12-8-26(9-13-28)36(38,39)40/h8-17,19,23-25,33,42,45H,5-7,18,20-22H2,1-4H3,(H,41,47)/t23-,24+,25-,33+/m1/s1. The van der Waals surface area contributed by atoms with Gasteiger partial charge in [-0.2, -0.15) is 13.2 Å². The Labute approximate surface area is 307 Å². The number of carbonyl (C=O) groups is 2. The van der Waals surface area contributed by atoms with E-state index >= 15 is 0 Å². The number of benzene rings is 3. The molecule has 4 rings (SSSR count). The van der Waals surface area contributed by atoms with E-state index in [1.54, 1.807) is 6.92 Å². The Bertz CT molecular complexity index is 1780. The third-order valence-electron chi connectivity index (χ3n) is 8.69. The average molecular weight is 769 g/mol. The molecule has 0 aromatic heterocycles. The first-order chi connectivity index (χ1) is 24.5. The van der Waals surface area contributed by atoms with Crippen LogP contribution in [0.2, 0.25) is 5.02 Å². The van der Waals surface area contributed by atoms with Gasteiger partial charge in [-0.1, -0.05) is 18.5 Å². The Morgan fingerprint density at radius 3 is 2.35 bits per heavy atom. The molecule has 0 unspecified atom stereocenters. The fourth-order valence-electron chi connectivity index (χ4n) is 5.59. The van der Waals surface area contributed by atoms with Crippen LogP contribution in [0.4, 0.5) is 29.3 Å². The Morgan fingerprint density at radius 1 is 1.06 bits per heavy atom. The summed E-state index contributed by atoms with van der Waals surface area (Å²) >= 11 is 5.93. The van der Waals surface area contributed by atoms with Gasteiger partial charge in [-0.05, 0) is 99.8 Å². The molecule has 52 heavy (non-hydrogen) atoms. The minimum atomic E-state index is -4.51. The molecular weight excluding hydrogens is 725 g/mol. The first-order valence-corrected chi connectivity index (χ1v) is 18.7. The lowest BCUT2D eigenvalue weighted by atomic mass is 10.0. The number of urea groups is 1. The fraction of sp³-hybridized carbons (Fsp3) is 0.444. The Balaban J connectivity index is 1.59. The summed E-state index contributed by atoms with van der Waals surface area (Å²) in [5, 5.41) is 13.2. The molecule has 0 saturated carbocycles. The van der Waals surface area contributed by atoms with Crippen LogP contribution >= 0.6 is 11.6 Å². The number of hydrogen-bond acceptors (Lipinski definition) is 7. The summed E-state index contributed by atoms with van der Waals surface area (Å²) in [5.74, 6) is -0.663. The Hall–Kier alpha value is -4.05. The van der Waals surface area contributed by atoms with Gasteiger partial charge in [0.05, 0.1) is 40.9 Å². The number of nitrogens with one attached hydrogen (secondary N) is 2. The highest BCUT2D eigenvalue weighted by Crippen LogP contribution is 2.31. The number of alkyl halides is 3. The first kappa shape index (κ1) is 40.7. The molecule has 3 amide bonds. The smallest absolute Gasteiger partial charge is 0.416 e. The van der Waals surface area contributed by atoms with Crippen molar-refractivity contribution in [2.75, 3.05) is 43.4 Å². The summed E-state index contributed by atoms with van der Waals surface area (Å²) in [7, 11) is -2.51. The molecule has 11 nitrogen and oxygen atoms in total. The fourth-order valence-corrected chi connectivity index (χ4v) is 6.77. The molecule has 3 N–H and O–H groups in total. The number of aliphatic hydroxyl groups excluding tert-OH is 1. The van der Waals surface area contributed by atoms with Gasteiger partial charge in [0.2, 0.25) is 0 Å². The molecule has 3 aromatic carbocycles. The normalized spacial score (nSPS) is 19.8. The highest BCUT2D eigenvalue weighted by molar-refractivity contribution is 7.92. The van der Waals surface area contributed by atoms with Crippen molar-refractivity contribution in [2.24, 2.45) is 5.92 Å². The zero-order chi connectivity index (χ0) is 38.2. The van der Waals surface area contributed by atoms with E-state index in [0.29, 0.717) is 24.5 Å². The quantitative estimate of drug-likeness (QED) is 0.222. The number of nitrogens with zero attached hydrogens (tertiary/aromatic N) is 2. The largest absolute Gasteiger partial charge is 0.490 e. The molecule has 0 radical (unpaired) electrons. The van der Waals surface area contributed by atoms with Gasteiger partial charge in [0.1, 0.15) is 5.75 Å². The van der Waals surface area contributed by atoms with Crippen LogP contribution in [0.3, 0.4) is 0 Å². The number of aliphatic hydroxyl groups is 1. The molecule has 0 aliphatic carbocycles. The van der Waals surface area contributed by atoms with Crippen molar-refractivity contribution >= 4 is 44.9 Å². The van der Waals surface area contributed by atoms with Crippen LogP contribution in [0, 0.1) is 5.92 Å². The molecule has 3 aromatic rings. The Kier molecular flexibility index (Phi) is 13.8. The van der Waals surface area contributed by atoms with Gasteiger partial charge in [-0.25, -0.2) is 13.2 Å². The number of fused-ring (bicyclic) bond motifs is 1. The summed E-state index contributed by atoms with van der Waals surface area (Å²) in [6, 6.07) is 12.9. The van der Waals surface area contributed by atoms with Crippen LogP contribution in [-0.4, -0.2) is 86.9 Å². The monoisotopic (exact) mass is 768 g/mol. The van der Waals surface area contributed by atoms with Crippen molar-refractivity contribution in [1.82, 2.24) is 9.80 Å². The van der Waals surface area contributed by atoms with Crippen molar-refractivity contribution in [1.29, 1.82) is 0 Å². The summed E-state index contributed by atoms with van der Waals surface area (Å²) in [6.07, 6.45) is -3.39. The summed E-state index contributed by atoms with van der Waals surface area (Å²) in [6.45, 7) is 5.51. The highest BCUT2D eigenvalue weighted by Gasteiger charge is 2.32. The van der Waals surface area contributed by atoms with E-state index in [-0.39, 0.29) is 53.4 Å². The lowest BCUT2D eigenvalue weighted by Gasteiger charge is -2.35. The minimum absolute atomic E-state index is 0.0263. The van der Waals surface area contributed by atoms with Crippen molar-refractivity contribution in [3.05, 3.63) is 82.9 Å². The number of halogens is 4. The van der Waals surface area contributed by atoms with Crippen molar-refractivity contribution in [3.63, 3.8) is 0 Å². The molecule has 16 heteroatoms.